The summed E-state index contributed by atoms with van der Waals surface area (Å²) >= 11 is 0. The largest absolute Gasteiger partial charge is 0.394 e. The summed E-state index contributed by atoms with van der Waals surface area (Å²) in [4.78, 5) is 0. The lowest BCUT2D eigenvalue weighted by molar-refractivity contribution is 0.218. The average molecular weight is 414 g/mol. The molecule has 0 aliphatic heterocycles. The van der Waals surface area contributed by atoms with E-state index in [0.717, 1.165) is 36.8 Å². The van der Waals surface area contributed by atoms with Gasteiger partial charge in [-0.1, -0.05) is 71.8 Å². The second-order valence-corrected chi connectivity index (χ2v) is 8.43. The van der Waals surface area contributed by atoms with Crippen molar-refractivity contribution < 1.29 is 5.11 Å². The van der Waals surface area contributed by atoms with E-state index in [1.807, 2.05) is 16.7 Å². The van der Waals surface area contributed by atoms with Crippen molar-refractivity contribution in [3.63, 3.8) is 0 Å². The maximum absolute atomic E-state index is 10.2. The minimum absolute atomic E-state index is 0.0222. The molecule has 4 nitrogen and oxygen atoms in total. The molecule has 4 aromatic rings. The van der Waals surface area contributed by atoms with Crippen molar-refractivity contribution in [2.45, 2.75) is 45.7 Å². The van der Waals surface area contributed by atoms with Crippen molar-refractivity contribution in [3.05, 3.63) is 101 Å². The highest BCUT2D eigenvalue weighted by Gasteiger charge is 2.18. The Morgan fingerprint density at radius 3 is 1.90 bits per heavy atom. The van der Waals surface area contributed by atoms with Gasteiger partial charge in [0.15, 0.2) is 0 Å². The third-order valence-corrected chi connectivity index (χ3v) is 6.12. The Morgan fingerprint density at radius 2 is 1.32 bits per heavy atom. The van der Waals surface area contributed by atoms with Gasteiger partial charge in [0.25, 0.3) is 0 Å². The molecule has 0 spiro atoms. The number of fused-ring (bicyclic) bond motifs is 1. The topological polar surface area (TPSA) is 53.9 Å². The molecular formula is C27H31N3O. The molecule has 0 aliphatic carbocycles. The third kappa shape index (κ3) is 4.64. The van der Waals surface area contributed by atoms with Gasteiger partial charge in [-0.05, 0) is 56.4 Å². The number of aromatic nitrogens is 2. The molecule has 3 aromatic carbocycles. The Labute approximate surface area is 183 Å². The number of nitrogens with one attached hydrogen (secondary N) is 1. The SMILES string of the molecule is Cc1ccc(CCC(CO)n2c(=N)n(CCc3ccc(C)cc3)c3ccccc32)cc1. The predicted molar refractivity (Wildman–Crippen MR) is 126 cm³/mol. The van der Waals surface area contributed by atoms with Gasteiger partial charge in [0.2, 0.25) is 5.62 Å². The van der Waals surface area contributed by atoms with Crippen LogP contribution in [-0.2, 0) is 19.4 Å². The summed E-state index contributed by atoms with van der Waals surface area (Å²) in [6.07, 6.45) is 2.54. The number of aryl methyl sites for hydroxylation is 5. The van der Waals surface area contributed by atoms with Crippen LogP contribution in [0.5, 0.6) is 0 Å². The average Bonchev–Trinajstić information content (AvgIpc) is 3.07. The molecule has 0 saturated heterocycles. The maximum Gasteiger partial charge on any atom is 0.203 e. The first kappa shape index (κ1) is 21.1. The fraction of sp³-hybridized carbons (Fsp3) is 0.296. The van der Waals surface area contributed by atoms with Crippen LogP contribution in [0.1, 0.15) is 34.7 Å². The molecule has 1 aromatic heterocycles. The summed E-state index contributed by atoms with van der Waals surface area (Å²) in [7, 11) is 0. The van der Waals surface area contributed by atoms with Gasteiger partial charge in [0, 0.05) is 6.54 Å². The molecule has 0 saturated carbocycles. The first-order valence-corrected chi connectivity index (χ1v) is 11.0. The molecule has 4 heteroatoms. The number of para-hydroxylation sites is 2. The van der Waals surface area contributed by atoms with E-state index in [2.05, 4.69) is 79.1 Å². The van der Waals surface area contributed by atoms with Crippen molar-refractivity contribution >= 4 is 11.0 Å². The second-order valence-electron chi connectivity index (χ2n) is 8.43. The van der Waals surface area contributed by atoms with Crippen molar-refractivity contribution in [3.8, 4) is 0 Å². The van der Waals surface area contributed by atoms with Gasteiger partial charge in [-0.25, -0.2) is 0 Å². The van der Waals surface area contributed by atoms with Crippen molar-refractivity contribution in [1.82, 2.24) is 9.13 Å². The Balaban J connectivity index is 1.61. The lowest BCUT2D eigenvalue weighted by Gasteiger charge is -2.17. The molecule has 1 heterocycles. The molecule has 0 radical (unpaired) electrons. The highest BCUT2D eigenvalue weighted by atomic mass is 16.3. The standard InChI is InChI=1S/C27H31N3O/c1-20-7-11-22(12-8-20)15-16-24(19-31)30-26-6-4-3-5-25(26)29(27(30)28)18-17-23-13-9-21(2)10-14-23/h3-14,24,28,31H,15-19H2,1-2H3. The number of hydrogen-bond acceptors (Lipinski definition) is 2. The van der Waals surface area contributed by atoms with E-state index >= 15 is 0 Å². The number of nitrogens with zero attached hydrogens (tertiary/aromatic N) is 2. The summed E-state index contributed by atoms with van der Waals surface area (Å²) in [5.74, 6) is 0. The van der Waals surface area contributed by atoms with Gasteiger partial charge >= 0.3 is 0 Å². The number of benzene rings is 3. The zero-order valence-corrected chi connectivity index (χ0v) is 18.4. The number of rotatable bonds is 8. The fourth-order valence-corrected chi connectivity index (χ4v) is 4.24. The fourth-order valence-electron chi connectivity index (χ4n) is 4.24. The molecule has 0 aliphatic rings. The Hall–Kier alpha value is -3.11. The first-order chi connectivity index (χ1) is 15.1. The van der Waals surface area contributed by atoms with Crippen LogP contribution in [0.25, 0.3) is 11.0 Å². The molecule has 0 fully saturated rings. The van der Waals surface area contributed by atoms with Crippen molar-refractivity contribution in [2.24, 2.45) is 0 Å². The molecule has 2 N–H and O–H groups in total. The van der Waals surface area contributed by atoms with Gasteiger partial charge in [0.1, 0.15) is 0 Å². The Kier molecular flexibility index (Phi) is 6.38. The van der Waals surface area contributed by atoms with E-state index in [0.29, 0.717) is 5.62 Å². The van der Waals surface area contributed by atoms with E-state index in [1.165, 1.54) is 22.3 Å². The van der Waals surface area contributed by atoms with E-state index in [1.54, 1.807) is 0 Å². The molecule has 4 rings (SSSR count). The van der Waals surface area contributed by atoms with Crippen LogP contribution < -0.4 is 5.62 Å². The zero-order chi connectivity index (χ0) is 21.8. The van der Waals surface area contributed by atoms with Crippen LogP contribution in [0.4, 0.5) is 0 Å². The zero-order valence-electron chi connectivity index (χ0n) is 18.4. The van der Waals surface area contributed by atoms with E-state index in [4.69, 9.17) is 5.41 Å². The number of aliphatic hydroxyl groups is 1. The molecule has 1 atom stereocenters. The van der Waals surface area contributed by atoms with Crippen molar-refractivity contribution in [2.75, 3.05) is 6.61 Å². The van der Waals surface area contributed by atoms with Gasteiger partial charge < -0.3 is 14.2 Å². The maximum atomic E-state index is 10.2. The van der Waals surface area contributed by atoms with Gasteiger partial charge in [-0.15, -0.1) is 0 Å². The van der Waals surface area contributed by atoms with Gasteiger partial charge in [-0.3, -0.25) is 5.41 Å². The van der Waals surface area contributed by atoms with E-state index in [9.17, 15) is 5.11 Å². The quantitative estimate of drug-likeness (QED) is 0.422. The number of aliphatic hydroxyl groups excluding tert-OH is 1. The second kappa shape index (κ2) is 9.36. The molecule has 0 amide bonds. The molecule has 31 heavy (non-hydrogen) atoms. The van der Waals surface area contributed by atoms with Crippen LogP contribution in [0, 0.1) is 19.3 Å². The minimum atomic E-state index is -0.126. The monoisotopic (exact) mass is 413 g/mol. The summed E-state index contributed by atoms with van der Waals surface area (Å²) in [6.45, 7) is 4.95. The summed E-state index contributed by atoms with van der Waals surface area (Å²) in [6, 6.07) is 25.2. The highest BCUT2D eigenvalue weighted by molar-refractivity contribution is 5.76. The normalized spacial score (nSPS) is 12.4. The van der Waals surface area contributed by atoms with Crippen LogP contribution in [0.15, 0.2) is 72.8 Å². The molecule has 0 bridgehead atoms. The first-order valence-electron chi connectivity index (χ1n) is 11.0. The van der Waals surface area contributed by atoms with Crippen LogP contribution in [0.2, 0.25) is 0 Å². The summed E-state index contributed by atoms with van der Waals surface area (Å²) in [5.41, 5.74) is 7.56. The molecular weight excluding hydrogens is 382 g/mol. The van der Waals surface area contributed by atoms with Crippen LogP contribution in [0.3, 0.4) is 0 Å². The molecule has 160 valence electrons. The summed E-state index contributed by atoms with van der Waals surface area (Å²) < 4.78 is 4.09. The predicted octanol–water partition coefficient (Wildman–Crippen LogP) is 4.95. The molecule has 1 unspecified atom stereocenters. The van der Waals surface area contributed by atoms with Gasteiger partial charge in [-0.2, -0.15) is 0 Å². The highest BCUT2D eigenvalue weighted by Crippen LogP contribution is 2.21. The third-order valence-electron chi connectivity index (χ3n) is 6.12. The lowest BCUT2D eigenvalue weighted by atomic mass is 10.0. The van der Waals surface area contributed by atoms with Crippen LogP contribution >= 0.6 is 0 Å². The van der Waals surface area contributed by atoms with E-state index in [-0.39, 0.29) is 12.6 Å². The van der Waals surface area contributed by atoms with Gasteiger partial charge in [0.05, 0.1) is 23.7 Å². The minimum Gasteiger partial charge on any atom is -0.394 e. The number of hydrogen-bond donors (Lipinski definition) is 2. The Morgan fingerprint density at radius 1 is 0.774 bits per heavy atom. The number of imidazole rings is 1. The summed E-state index contributed by atoms with van der Waals surface area (Å²) in [5, 5.41) is 19.1. The van der Waals surface area contributed by atoms with E-state index < -0.39 is 0 Å². The Bertz CT molecular complexity index is 1200. The van der Waals surface area contributed by atoms with Crippen molar-refractivity contribution in [1.29, 1.82) is 5.41 Å². The lowest BCUT2D eigenvalue weighted by Crippen LogP contribution is -2.30. The smallest absolute Gasteiger partial charge is 0.203 e. The van der Waals surface area contributed by atoms with Crippen LogP contribution in [-0.4, -0.2) is 20.8 Å².